The van der Waals surface area contributed by atoms with Gasteiger partial charge in [0.1, 0.15) is 0 Å². The Morgan fingerprint density at radius 3 is 1.46 bits per heavy atom. The lowest BCUT2D eigenvalue weighted by Crippen LogP contribution is -2.02. The van der Waals surface area contributed by atoms with Gasteiger partial charge in [-0.05, 0) is 68.9 Å². The molecule has 0 aliphatic rings. The Balaban J connectivity index is 1.13. The molecule has 11 aromatic rings. The summed E-state index contributed by atoms with van der Waals surface area (Å²) in [5.41, 5.74) is 13.1. The maximum Gasteiger partial charge on any atom is 0.164 e. The maximum absolute atomic E-state index is 5.26. The third-order valence-electron chi connectivity index (χ3n) is 11.2. The van der Waals surface area contributed by atoms with Gasteiger partial charge in [0, 0.05) is 33.0 Å². The normalized spacial score (nSPS) is 11.4. The molecule has 0 spiro atoms. The molecule has 4 heteroatoms. The van der Waals surface area contributed by atoms with Gasteiger partial charge in [-0.3, -0.25) is 0 Å². The lowest BCUT2D eigenvalue weighted by molar-refractivity contribution is 1.07. The summed E-state index contributed by atoms with van der Waals surface area (Å²) in [6.45, 7) is 0. The van der Waals surface area contributed by atoms with E-state index in [4.69, 9.17) is 15.0 Å². The minimum absolute atomic E-state index is 0.610. The summed E-state index contributed by atoms with van der Waals surface area (Å²) in [6.07, 6.45) is 0. The van der Waals surface area contributed by atoms with Gasteiger partial charge in [-0.2, -0.15) is 0 Å². The minimum atomic E-state index is 0.610. The molecule has 59 heavy (non-hydrogen) atoms. The van der Waals surface area contributed by atoms with Crippen LogP contribution in [0.3, 0.4) is 0 Å². The molecule has 0 amide bonds. The molecule has 9 aromatic carbocycles. The second-order valence-electron chi connectivity index (χ2n) is 14.8. The van der Waals surface area contributed by atoms with Crippen molar-refractivity contribution in [1.29, 1.82) is 0 Å². The molecule has 276 valence electrons. The number of hydrogen-bond acceptors (Lipinski definition) is 3. The Hall–Kier alpha value is -7.95. The van der Waals surface area contributed by atoms with E-state index in [0.29, 0.717) is 17.5 Å². The highest BCUT2D eigenvalue weighted by molar-refractivity contribution is 6.10. The van der Waals surface area contributed by atoms with Gasteiger partial charge in [0.2, 0.25) is 0 Å². The summed E-state index contributed by atoms with van der Waals surface area (Å²) < 4.78 is 2.40. The monoisotopic (exact) mass is 752 g/mol. The highest BCUT2D eigenvalue weighted by Gasteiger charge is 2.19. The number of fused-ring (bicyclic) bond motifs is 4. The van der Waals surface area contributed by atoms with Crippen molar-refractivity contribution in [3.63, 3.8) is 0 Å². The number of para-hydroxylation sites is 2. The lowest BCUT2D eigenvalue weighted by atomic mass is 9.96. The van der Waals surface area contributed by atoms with Crippen molar-refractivity contribution >= 4 is 32.6 Å². The van der Waals surface area contributed by atoms with Crippen molar-refractivity contribution < 1.29 is 0 Å². The molecule has 0 aliphatic carbocycles. The van der Waals surface area contributed by atoms with Crippen molar-refractivity contribution in [1.82, 2.24) is 19.5 Å². The molecular weight excluding hydrogens is 717 g/mol. The fraction of sp³-hybridized carbons (Fsp3) is 0. The van der Waals surface area contributed by atoms with Crippen LogP contribution in [-0.4, -0.2) is 19.5 Å². The Morgan fingerprint density at radius 1 is 0.271 bits per heavy atom. The topological polar surface area (TPSA) is 43.6 Å². The van der Waals surface area contributed by atoms with Crippen LogP contribution in [0.15, 0.2) is 218 Å². The van der Waals surface area contributed by atoms with Crippen LogP contribution in [0.1, 0.15) is 0 Å². The van der Waals surface area contributed by atoms with E-state index in [1.54, 1.807) is 0 Å². The van der Waals surface area contributed by atoms with Crippen molar-refractivity contribution in [2.24, 2.45) is 0 Å². The molecule has 0 aliphatic heterocycles. The molecule has 11 rings (SSSR count). The van der Waals surface area contributed by atoms with Gasteiger partial charge in [0.25, 0.3) is 0 Å². The van der Waals surface area contributed by atoms with E-state index < -0.39 is 0 Å². The van der Waals surface area contributed by atoms with Crippen molar-refractivity contribution in [3.8, 4) is 73.2 Å². The summed E-state index contributed by atoms with van der Waals surface area (Å²) in [5.74, 6) is 1.86. The predicted molar refractivity (Wildman–Crippen MR) is 244 cm³/mol. The first-order valence-electron chi connectivity index (χ1n) is 19.9. The van der Waals surface area contributed by atoms with Gasteiger partial charge in [0.05, 0.1) is 16.7 Å². The number of hydrogen-bond donors (Lipinski definition) is 0. The summed E-state index contributed by atoms with van der Waals surface area (Å²) in [6, 6.07) is 77.1. The molecule has 4 nitrogen and oxygen atoms in total. The Morgan fingerprint density at radius 2 is 0.780 bits per heavy atom. The largest absolute Gasteiger partial charge is 0.309 e. The van der Waals surface area contributed by atoms with E-state index in [2.05, 4.69) is 205 Å². The molecule has 0 atom stereocenters. The van der Waals surface area contributed by atoms with E-state index in [0.717, 1.165) is 49.9 Å². The number of benzene rings is 9. The molecular formula is C55H36N4. The SMILES string of the molecule is c1ccc(-c2cccc(-c3ccc(-c4nc(-c5ccccc5)nc(-c5ccc6c(-c7ccccc7)cccc6c5)n4)cc3-n3c4ccccc4c4ccccc43)c2)cc1. The molecule has 2 heterocycles. The standard InChI is InChI=1S/C55H36N4/c1-4-16-37(17-5-1)40-22-14-23-42(34-40)47-33-31-44(36-52(47)59-50-28-12-10-25-48(50)49-26-11-13-29-51(49)59)55-57-53(39-20-8-3-9-21-39)56-54(58-55)43-30-32-46-41(35-43)24-15-27-45(46)38-18-6-2-7-19-38/h1-36H. The first-order valence-corrected chi connectivity index (χ1v) is 19.9. The van der Waals surface area contributed by atoms with Crippen LogP contribution in [-0.2, 0) is 0 Å². The van der Waals surface area contributed by atoms with Crippen molar-refractivity contribution in [2.45, 2.75) is 0 Å². The molecule has 0 saturated carbocycles. The van der Waals surface area contributed by atoms with Crippen LogP contribution < -0.4 is 0 Å². The van der Waals surface area contributed by atoms with Gasteiger partial charge in [-0.1, -0.05) is 188 Å². The van der Waals surface area contributed by atoms with Gasteiger partial charge in [-0.15, -0.1) is 0 Å². The maximum atomic E-state index is 5.26. The fourth-order valence-corrected chi connectivity index (χ4v) is 8.42. The molecule has 0 N–H and O–H groups in total. The Labute approximate surface area is 342 Å². The zero-order valence-electron chi connectivity index (χ0n) is 32.1. The molecule has 0 radical (unpaired) electrons. The van der Waals surface area contributed by atoms with Crippen LogP contribution in [0.25, 0.3) is 106 Å². The quantitative estimate of drug-likeness (QED) is 0.163. The highest BCUT2D eigenvalue weighted by atomic mass is 15.0. The zero-order valence-corrected chi connectivity index (χ0v) is 32.1. The number of nitrogens with zero attached hydrogens (tertiary/aromatic N) is 4. The minimum Gasteiger partial charge on any atom is -0.309 e. The smallest absolute Gasteiger partial charge is 0.164 e. The van der Waals surface area contributed by atoms with Crippen LogP contribution in [0.5, 0.6) is 0 Å². The van der Waals surface area contributed by atoms with Crippen LogP contribution in [0, 0.1) is 0 Å². The van der Waals surface area contributed by atoms with E-state index in [9.17, 15) is 0 Å². The van der Waals surface area contributed by atoms with E-state index in [1.807, 2.05) is 18.2 Å². The van der Waals surface area contributed by atoms with Gasteiger partial charge in [0.15, 0.2) is 17.5 Å². The van der Waals surface area contributed by atoms with Crippen molar-refractivity contribution in [2.75, 3.05) is 0 Å². The van der Waals surface area contributed by atoms with Gasteiger partial charge >= 0.3 is 0 Å². The summed E-state index contributed by atoms with van der Waals surface area (Å²) in [4.78, 5) is 15.6. The van der Waals surface area contributed by atoms with E-state index in [-0.39, 0.29) is 0 Å². The van der Waals surface area contributed by atoms with Crippen LogP contribution >= 0.6 is 0 Å². The average molecular weight is 753 g/mol. The van der Waals surface area contributed by atoms with Gasteiger partial charge < -0.3 is 4.57 Å². The number of rotatable bonds is 7. The highest BCUT2D eigenvalue weighted by Crippen LogP contribution is 2.39. The number of aromatic nitrogens is 4. The second-order valence-corrected chi connectivity index (χ2v) is 14.8. The molecule has 0 unspecified atom stereocenters. The molecule has 0 bridgehead atoms. The van der Waals surface area contributed by atoms with Gasteiger partial charge in [-0.25, -0.2) is 15.0 Å². The first kappa shape index (κ1) is 34.3. The summed E-state index contributed by atoms with van der Waals surface area (Å²) in [7, 11) is 0. The van der Waals surface area contributed by atoms with E-state index >= 15 is 0 Å². The van der Waals surface area contributed by atoms with Crippen molar-refractivity contribution in [3.05, 3.63) is 218 Å². The lowest BCUT2D eigenvalue weighted by Gasteiger charge is -2.17. The van der Waals surface area contributed by atoms with Crippen LogP contribution in [0.4, 0.5) is 0 Å². The zero-order chi connectivity index (χ0) is 39.1. The van der Waals surface area contributed by atoms with E-state index in [1.165, 1.54) is 38.4 Å². The average Bonchev–Trinajstić information content (AvgIpc) is 3.66. The third kappa shape index (κ3) is 6.24. The fourth-order valence-electron chi connectivity index (χ4n) is 8.42. The predicted octanol–water partition coefficient (Wildman–Crippen LogP) is 14.1. The Kier molecular flexibility index (Phi) is 8.45. The van der Waals surface area contributed by atoms with Crippen LogP contribution in [0.2, 0.25) is 0 Å². The molecule has 2 aromatic heterocycles. The third-order valence-corrected chi connectivity index (χ3v) is 11.2. The molecule has 0 saturated heterocycles. The summed E-state index contributed by atoms with van der Waals surface area (Å²) >= 11 is 0. The summed E-state index contributed by atoms with van der Waals surface area (Å²) in [5, 5.41) is 4.72. The first-order chi connectivity index (χ1) is 29.2. The second kappa shape index (κ2) is 14.5. The Bertz CT molecular complexity index is 3260. The molecule has 0 fully saturated rings.